The quantitative estimate of drug-likeness (QED) is 0.189. The van der Waals surface area contributed by atoms with Crippen molar-refractivity contribution >= 4 is 38.6 Å². The number of nitrogens with zero attached hydrogens (tertiary/aromatic N) is 1. The van der Waals surface area contributed by atoms with Crippen molar-refractivity contribution < 1.29 is 0 Å². The number of fused-ring (bicyclic) bond motifs is 13. The lowest BCUT2D eigenvalue weighted by Crippen LogP contribution is -2.26. The zero-order valence-corrected chi connectivity index (χ0v) is 28.0. The van der Waals surface area contributed by atoms with Crippen LogP contribution in [0, 0.1) is 20.8 Å². The summed E-state index contributed by atoms with van der Waals surface area (Å²) in [5.74, 6) is 0. The normalized spacial score (nSPS) is 13.4. The van der Waals surface area contributed by atoms with Gasteiger partial charge in [0.05, 0.1) is 11.1 Å². The lowest BCUT2D eigenvalue weighted by molar-refractivity contribution is 0.795. The number of para-hydroxylation sites is 1. The van der Waals surface area contributed by atoms with Crippen LogP contribution in [0.15, 0.2) is 158 Å². The molecule has 10 rings (SSSR count). The molecule has 0 saturated carbocycles. The molecule has 2 aliphatic carbocycles. The monoisotopic (exact) mass is 625 g/mol. The summed E-state index contributed by atoms with van der Waals surface area (Å²) in [5.41, 5.74) is 17.6. The van der Waals surface area contributed by atoms with Gasteiger partial charge in [0.15, 0.2) is 0 Å². The van der Waals surface area contributed by atoms with Gasteiger partial charge in [-0.25, -0.2) is 0 Å². The Morgan fingerprint density at radius 2 is 0.980 bits per heavy atom. The Bertz CT molecular complexity index is 2590. The molecule has 1 nitrogen and oxygen atoms in total. The molecule has 232 valence electrons. The van der Waals surface area contributed by atoms with Crippen LogP contribution < -0.4 is 4.90 Å². The van der Waals surface area contributed by atoms with E-state index in [0.29, 0.717) is 0 Å². The van der Waals surface area contributed by atoms with Crippen molar-refractivity contribution in [1.82, 2.24) is 0 Å². The topological polar surface area (TPSA) is 3.24 Å². The van der Waals surface area contributed by atoms with E-state index >= 15 is 0 Å². The standard InChI is InChI=1S/C48H35N/c1-30-24-31(2)26-35(25-30)49(45-23-13-4-14-32(45)3)46-29-44-47(39-20-8-7-19-38(39)46)40-27-33-15-5-6-16-34(33)28-43(40)48(44)41-21-11-9-17-36(41)37-18-10-12-22-42(37)48/h4-29H,1-3H3. The second kappa shape index (κ2) is 10.3. The van der Waals surface area contributed by atoms with Gasteiger partial charge in [0, 0.05) is 16.8 Å². The number of anilines is 3. The number of aryl methyl sites for hydroxylation is 3. The van der Waals surface area contributed by atoms with E-state index in [-0.39, 0.29) is 0 Å². The first-order valence-corrected chi connectivity index (χ1v) is 17.3. The first-order valence-electron chi connectivity index (χ1n) is 17.3. The van der Waals surface area contributed by atoms with Crippen molar-refractivity contribution in [3.63, 3.8) is 0 Å². The number of rotatable bonds is 3. The Morgan fingerprint density at radius 1 is 0.408 bits per heavy atom. The Labute approximate surface area is 287 Å². The molecule has 0 atom stereocenters. The molecule has 1 spiro atoms. The lowest BCUT2D eigenvalue weighted by atomic mass is 9.70. The van der Waals surface area contributed by atoms with Crippen LogP contribution in [0.5, 0.6) is 0 Å². The maximum absolute atomic E-state index is 2.55. The van der Waals surface area contributed by atoms with Gasteiger partial charge in [-0.1, -0.05) is 121 Å². The summed E-state index contributed by atoms with van der Waals surface area (Å²) in [5, 5.41) is 5.08. The fraction of sp³-hybridized carbons (Fsp3) is 0.0833. The molecule has 0 amide bonds. The van der Waals surface area contributed by atoms with Gasteiger partial charge in [-0.2, -0.15) is 0 Å². The molecular formula is C48H35N. The van der Waals surface area contributed by atoms with Gasteiger partial charge < -0.3 is 4.90 Å². The van der Waals surface area contributed by atoms with Gasteiger partial charge in [-0.05, 0) is 135 Å². The summed E-state index contributed by atoms with van der Waals surface area (Å²) >= 11 is 0. The van der Waals surface area contributed by atoms with Crippen LogP contribution in [0.4, 0.5) is 17.1 Å². The van der Waals surface area contributed by atoms with Crippen molar-refractivity contribution in [3.05, 3.63) is 197 Å². The first kappa shape index (κ1) is 28.1. The maximum atomic E-state index is 2.55. The highest BCUT2D eigenvalue weighted by atomic mass is 15.1. The summed E-state index contributed by atoms with van der Waals surface area (Å²) in [6.07, 6.45) is 0. The predicted molar refractivity (Wildman–Crippen MR) is 207 cm³/mol. The Hall–Kier alpha value is -5.92. The van der Waals surface area contributed by atoms with E-state index in [0.717, 1.165) is 0 Å². The van der Waals surface area contributed by atoms with Crippen molar-refractivity contribution in [2.75, 3.05) is 4.90 Å². The van der Waals surface area contributed by atoms with E-state index in [1.54, 1.807) is 0 Å². The molecule has 8 aromatic rings. The lowest BCUT2D eigenvalue weighted by Gasteiger charge is -2.33. The van der Waals surface area contributed by atoms with E-state index in [1.807, 2.05) is 0 Å². The van der Waals surface area contributed by atoms with E-state index in [2.05, 4.69) is 183 Å². The van der Waals surface area contributed by atoms with Crippen molar-refractivity contribution in [2.45, 2.75) is 26.2 Å². The van der Waals surface area contributed by atoms with E-state index in [9.17, 15) is 0 Å². The first-order chi connectivity index (χ1) is 24.0. The highest BCUT2D eigenvalue weighted by molar-refractivity contribution is 6.13. The number of hydrogen-bond acceptors (Lipinski definition) is 1. The highest BCUT2D eigenvalue weighted by Crippen LogP contribution is 2.65. The molecule has 0 heterocycles. The average molecular weight is 626 g/mol. The fourth-order valence-electron chi connectivity index (χ4n) is 9.15. The predicted octanol–water partition coefficient (Wildman–Crippen LogP) is 12.7. The Balaban J connectivity index is 1.41. The molecule has 0 bridgehead atoms. The molecule has 1 heteroatoms. The fourth-order valence-corrected chi connectivity index (χ4v) is 9.15. The van der Waals surface area contributed by atoms with Gasteiger partial charge in [0.1, 0.15) is 0 Å². The van der Waals surface area contributed by atoms with E-state index in [1.165, 1.54) is 99.8 Å². The van der Waals surface area contributed by atoms with Crippen molar-refractivity contribution in [3.8, 4) is 22.3 Å². The Kier molecular flexibility index (Phi) is 5.91. The molecule has 0 fully saturated rings. The minimum atomic E-state index is -0.458. The summed E-state index contributed by atoms with van der Waals surface area (Å²) < 4.78 is 0. The molecule has 0 aromatic heterocycles. The van der Waals surface area contributed by atoms with Gasteiger partial charge in [-0.3, -0.25) is 0 Å². The zero-order valence-electron chi connectivity index (χ0n) is 28.0. The van der Waals surface area contributed by atoms with Gasteiger partial charge in [-0.15, -0.1) is 0 Å². The van der Waals surface area contributed by atoms with Crippen LogP contribution in [-0.4, -0.2) is 0 Å². The van der Waals surface area contributed by atoms with Crippen LogP contribution >= 0.6 is 0 Å². The minimum absolute atomic E-state index is 0.458. The molecule has 8 aromatic carbocycles. The van der Waals surface area contributed by atoms with Crippen molar-refractivity contribution in [1.29, 1.82) is 0 Å². The molecule has 2 aliphatic rings. The van der Waals surface area contributed by atoms with Crippen LogP contribution in [0.2, 0.25) is 0 Å². The smallest absolute Gasteiger partial charge is 0.0726 e. The summed E-state index contributed by atoms with van der Waals surface area (Å²) in [6, 6.07) is 59.4. The molecule has 0 N–H and O–H groups in total. The summed E-state index contributed by atoms with van der Waals surface area (Å²) in [6.45, 7) is 6.64. The van der Waals surface area contributed by atoms with Crippen LogP contribution in [-0.2, 0) is 5.41 Å². The summed E-state index contributed by atoms with van der Waals surface area (Å²) in [4.78, 5) is 2.51. The molecule has 0 saturated heterocycles. The molecule has 0 radical (unpaired) electrons. The molecule has 0 aliphatic heterocycles. The third-order valence-corrected chi connectivity index (χ3v) is 11.0. The average Bonchev–Trinajstić information content (AvgIpc) is 3.58. The van der Waals surface area contributed by atoms with Gasteiger partial charge >= 0.3 is 0 Å². The zero-order chi connectivity index (χ0) is 32.9. The number of benzene rings is 8. The SMILES string of the molecule is Cc1cc(C)cc(N(c2ccccc2C)c2cc3c(c4ccccc24)-c2cc4ccccc4cc2C32c3ccccc3-c3ccccc32)c1. The Morgan fingerprint density at radius 3 is 1.67 bits per heavy atom. The highest BCUT2D eigenvalue weighted by Gasteiger charge is 2.52. The molecule has 0 unspecified atom stereocenters. The van der Waals surface area contributed by atoms with E-state index < -0.39 is 5.41 Å². The van der Waals surface area contributed by atoms with Gasteiger partial charge in [0.25, 0.3) is 0 Å². The molecular weight excluding hydrogens is 591 g/mol. The second-order valence-electron chi connectivity index (χ2n) is 13.9. The third kappa shape index (κ3) is 3.82. The maximum Gasteiger partial charge on any atom is 0.0726 e. The largest absolute Gasteiger partial charge is 0.310 e. The van der Waals surface area contributed by atoms with Crippen LogP contribution in [0.1, 0.15) is 38.9 Å². The van der Waals surface area contributed by atoms with Crippen LogP contribution in [0.25, 0.3) is 43.8 Å². The van der Waals surface area contributed by atoms with E-state index in [4.69, 9.17) is 0 Å². The second-order valence-corrected chi connectivity index (χ2v) is 13.9. The minimum Gasteiger partial charge on any atom is -0.310 e. The third-order valence-electron chi connectivity index (χ3n) is 11.0. The van der Waals surface area contributed by atoms with Crippen molar-refractivity contribution in [2.24, 2.45) is 0 Å². The summed E-state index contributed by atoms with van der Waals surface area (Å²) in [7, 11) is 0. The number of hydrogen-bond donors (Lipinski definition) is 0. The van der Waals surface area contributed by atoms with Gasteiger partial charge in [0.2, 0.25) is 0 Å². The van der Waals surface area contributed by atoms with Crippen LogP contribution in [0.3, 0.4) is 0 Å². The molecule has 49 heavy (non-hydrogen) atoms.